The number of benzene rings is 1. The molecule has 0 unspecified atom stereocenters. The Kier molecular flexibility index (Phi) is 6.27. The average Bonchev–Trinajstić information content (AvgIpc) is 3.21. The lowest BCUT2D eigenvalue weighted by Gasteiger charge is -2.10. The quantitative estimate of drug-likeness (QED) is 0.488. The molecule has 0 atom stereocenters. The Balaban J connectivity index is 1.72. The van der Waals surface area contributed by atoms with Crippen LogP contribution in [0.4, 0.5) is 0 Å². The van der Waals surface area contributed by atoms with Crippen molar-refractivity contribution in [3.63, 3.8) is 0 Å². The van der Waals surface area contributed by atoms with Gasteiger partial charge in [0.15, 0.2) is 4.96 Å². The number of nitrogens with one attached hydrogen (secondary N) is 2. The lowest BCUT2D eigenvalue weighted by Crippen LogP contribution is -2.28. The molecule has 0 aliphatic heterocycles. The maximum atomic E-state index is 12.5. The van der Waals surface area contributed by atoms with Crippen LogP contribution in [0.25, 0.3) is 4.96 Å². The van der Waals surface area contributed by atoms with Crippen molar-refractivity contribution in [2.45, 2.75) is 11.4 Å². The van der Waals surface area contributed by atoms with Crippen LogP contribution >= 0.6 is 27.3 Å². The summed E-state index contributed by atoms with van der Waals surface area (Å²) in [7, 11) is -2.24. The lowest BCUT2D eigenvalue weighted by molar-refractivity contribution is 0.0949. The van der Waals surface area contributed by atoms with E-state index < -0.39 is 15.9 Å². The normalized spacial score (nSPS) is 11.8. The second-order valence-corrected chi connectivity index (χ2v) is 9.03. The Morgan fingerprint density at radius 1 is 1.41 bits per heavy atom. The van der Waals surface area contributed by atoms with Gasteiger partial charge in [0.1, 0.15) is 0 Å². The first kappa shape index (κ1) is 20.0. The lowest BCUT2D eigenvalue weighted by atomic mass is 10.2. The van der Waals surface area contributed by atoms with Crippen LogP contribution in [0.5, 0.6) is 0 Å². The van der Waals surface area contributed by atoms with Crippen molar-refractivity contribution in [1.82, 2.24) is 19.4 Å². The van der Waals surface area contributed by atoms with Gasteiger partial charge in [0.25, 0.3) is 5.91 Å². The van der Waals surface area contributed by atoms with E-state index in [0.29, 0.717) is 4.47 Å². The highest BCUT2D eigenvalue weighted by Gasteiger charge is 2.18. The van der Waals surface area contributed by atoms with E-state index >= 15 is 0 Å². The number of aromatic nitrogens is 2. The predicted molar refractivity (Wildman–Crippen MR) is 105 cm³/mol. The number of sulfonamides is 1. The zero-order valence-corrected chi connectivity index (χ0v) is 17.5. The number of hydrogen-bond acceptors (Lipinski definition) is 6. The fourth-order valence-electron chi connectivity index (χ4n) is 2.33. The molecule has 144 valence electrons. The van der Waals surface area contributed by atoms with E-state index in [4.69, 9.17) is 4.74 Å². The minimum absolute atomic E-state index is 0.00876. The molecule has 3 rings (SSSR count). The smallest absolute Gasteiger partial charge is 0.252 e. The van der Waals surface area contributed by atoms with E-state index in [0.717, 1.165) is 10.7 Å². The van der Waals surface area contributed by atoms with Crippen LogP contribution in [0.1, 0.15) is 16.1 Å². The molecule has 0 radical (unpaired) electrons. The molecule has 0 saturated heterocycles. The van der Waals surface area contributed by atoms with Gasteiger partial charge in [0.05, 0.1) is 29.3 Å². The molecular weight excluding hydrogens is 456 g/mol. The molecule has 8 nitrogen and oxygen atoms in total. The zero-order chi connectivity index (χ0) is 19.4. The number of rotatable bonds is 8. The summed E-state index contributed by atoms with van der Waals surface area (Å²) in [5, 5.41) is 4.69. The summed E-state index contributed by atoms with van der Waals surface area (Å²) >= 11 is 4.80. The third-order valence-electron chi connectivity index (χ3n) is 3.66. The monoisotopic (exact) mass is 472 g/mol. The summed E-state index contributed by atoms with van der Waals surface area (Å²) in [5.74, 6) is -0.396. The van der Waals surface area contributed by atoms with Gasteiger partial charge in [-0.2, -0.15) is 0 Å². The molecule has 0 aliphatic rings. The highest BCUT2D eigenvalue weighted by atomic mass is 79.9. The number of ether oxygens (including phenoxy) is 1. The van der Waals surface area contributed by atoms with Crippen molar-refractivity contribution in [3.8, 4) is 0 Å². The largest absolute Gasteiger partial charge is 0.383 e. The van der Waals surface area contributed by atoms with Crippen molar-refractivity contribution in [2.75, 3.05) is 20.3 Å². The summed E-state index contributed by atoms with van der Waals surface area (Å²) in [6.07, 6.45) is 3.72. The van der Waals surface area contributed by atoms with E-state index in [9.17, 15) is 13.2 Å². The first-order chi connectivity index (χ1) is 12.9. The van der Waals surface area contributed by atoms with Gasteiger partial charge in [-0.1, -0.05) is 0 Å². The van der Waals surface area contributed by atoms with Gasteiger partial charge < -0.3 is 10.1 Å². The Hall–Kier alpha value is -1.79. The number of halogens is 1. The molecule has 1 amide bonds. The van der Waals surface area contributed by atoms with Gasteiger partial charge >= 0.3 is 0 Å². The number of thiazole rings is 1. The highest BCUT2D eigenvalue weighted by Crippen LogP contribution is 2.21. The highest BCUT2D eigenvalue weighted by molar-refractivity contribution is 9.10. The van der Waals surface area contributed by atoms with Crippen LogP contribution in [-0.4, -0.2) is 44.0 Å². The summed E-state index contributed by atoms with van der Waals surface area (Å²) in [4.78, 5) is 17.8. The molecule has 0 saturated carbocycles. The first-order valence-electron chi connectivity index (χ1n) is 7.88. The zero-order valence-electron chi connectivity index (χ0n) is 14.3. The van der Waals surface area contributed by atoms with E-state index in [2.05, 4.69) is 31.0 Å². The summed E-state index contributed by atoms with van der Waals surface area (Å²) in [6.45, 7) is 0.641. The number of imidazole rings is 1. The third-order valence-corrected chi connectivity index (χ3v) is 6.59. The number of carbonyl (C=O) groups is 1. The Bertz CT molecular complexity index is 1030. The Morgan fingerprint density at radius 3 is 2.96 bits per heavy atom. The Morgan fingerprint density at radius 2 is 2.22 bits per heavy atom. The minimum Gasteiger partial charge on any atom is -0.383 e. The molecule has 2 aromatic heterocycles. The third kappa shape index (κ3) is 4.74. The fourth-order valence-corrected chi connectivity index (χ4v) is 4.52. The Labute approximate surface area is 168 Å². The van der Waals surface area contributed by atoms with E-state index in [1.807, 2.05) is 22.2 Å². The molecule has 3 aromatic rings. The summed E-state index contributed by atoms with van der Waals surface area (Å²) in [6, 6.07) is 4.30. The van der Waals surface area contributed by atoms with Crippen LogP contribution in [0.15, 0.2) is 45.3 Å². The molecule has 0 fully saturated rings. The first-order valence-corrected chi connectivity index (χ1v) is 11.0. The SMILES string of the molecule is COCCNS(=O)(=O)c1ccc(Br)c(C(=O)NCc2cn3ccsc3n2)c1. The van der Waals surface area contributed by atoms with Crippen molar-refractivity contribution in [3.05, 3.63) is 51.7 Å². The average molecular weight is 473 g/mol. The van der Waals surface area contributed by atoms with Crippen molar-refractivity contribution in [2.24, 2.45) is 0 Å². The van der Waals surface area contributed by atoms with Gasteiger partial charge in [0.2, 0.25) is 10.0 Å². The van der Waals surface area contributed by atoms with Crippen LogP contribution in [0, 0.1) is 0 Å². The molecule has 0 spiro atoms. The van der Waals surface area contributed by atoms with Crippen LogP contribution in [-0.2, 0) is 21.3 Å². The minimum atomic E-state index is -3.73. The molecular formula is C16H17BrN4O4S2. The van der Waals surface area contributed by atoms with Crippen LogP contribution in [0.2, 0.25) is 0 Å². The van der Waals surface area contributed by atoms with Crippen molar-refractivity contribution in [1.29, 1.82) is 0 Å². The molecule has 0 aliphatic carbocycles. The van der Waals surface area contributed by atoms with Gasteiger partial charge in [0, 0.05) is 35.9 Å². The van der Waals surface area contributed by atoms with Gasteiger partial charge in [-0.3, -0.25) is 9.20 Å². The topological polar surface area (TPSA) is 102 Å². The van der Waals surface area contributed by atoms with Crippen molar-refractivity contribution >= 4 is 48.2 Å². The van der Waals surface area contributed by atoms with Crippen LogP contribution in [0.3, 0.4) is 0 Å². The second-order valence-electron chi connectivity index (χ2n) is 5.54. The van der Waals surface area contributed by atoms with Crippen molar-refractivity contribution < 1.29 is 17.9 Å². The van der Waals surface area contributed by atoms with Gasteiger partial charge in [-0.05, 0) is 34.1 Å². The van der Waals surface area contributed by atoms with Crippen LogP contribution < -0.4 is 10.0 Å². The molecule has 0 bridgehead atoms. The number of carbonyl (C=O) groups excluding carboxylic acids is 1. The van der Waals surface area contributed by atoms with Gasteiger partial charge in [-0.15, -0.1) is 11.3 Å². The van der Waals surface area contributed by atoms with E-state index in [-0.39, 0.29) is 30.2 Å². The molecule has 1 aromatic carbocycles. The van der Waals surface area contributed by atoms with Gasteiger partial charge in [-0.25, -0.2) is 18.1 Å². The summed E-state index contributed by atoms with van der Waals surface area (Å²) in [5.41, 5.74) is 0.946. The molecule has 27 heavy (non-hydrogen) atoms. The number of methoxy groups -OCH3 is 1. The maximum absolute atomic E-state index is 12.5. The maximum Gasteiger partial charge on any atom is 0.252 e. The fraction of sp³-hybridized carbons (Fsp3) is 0.250. The number of nitrogens with zero attached hydrogens (tertiary/aromatic N) is 2. The predicted octanol–water partition coefficient (Wildman–Crippen LogP) is 2.01. The number of amides is 1. The van der Waals surface area contributed by atoms with E-state index in [1.165, 1.54) is 36.6 Å². The number of fused-ring (bicyclic) bond motifs is 1. The second kappa shape index (κ2) is 8.48. The molecule has 2 N–H and O–H groups in total. The summed E-state index contributed by atoms with van der Waals surface area (Å²) < 4.78 is 34.3. The standard InChI is InChI=1S/C16H17BrN4O4S2/c1-25-6-4-19-27(23,24)12-2-3-14(17)13(8-12)15(22)18-9-11-10-21-5-7-26-16(21)20-11/h2-3,5,7-8,10,19H,4,6,9H2,1H3,(H,18,22). The molecule has 2 heterocycles. The van der Waals surface area contributed by atoms with E-state index in [1.54, 1.807) is 0 Å². The molecule has 11 heteroatoms. The number of hydrogen-bond donors (Lipinski definition) is 2.